The number of hydrogen-bond acceptors (Lipinski definition) is 4. The third-order valence-corrected chi connectivity index (χ3v) is 3.04. The summed E-state index contributed by atoms with van der Waals surface area (Å²) in [6, 6.07) is 8.57. The highest BCUT2D eigenvalue weighted by Gasteiger charge is 2.10. The van der Waals surface area contributed by atoms with Gasteiger partial charge in [0.2, 0.25) is 0 Å². The van der Waals surface area contributed by atoms with E-state index in [9.17, 15) is 0 Å². The zero-order valence-electron chi connectivity index (χ0n) is 11.6. The number of rotatable bonds is 5. The van der Waals surface area contributed by atoms with Crippen molar-refractivity contribution in [2.75, 3.05) is 32.0 Å². The van der Waals surface area contributed by atoms with E-state index in [-0.39, 0.29) is 24.0 Å². The molecule has 0 radical (unpaired) electrons. The second-order valence-corrected chi connectivity index (χ2v) is 4.60. The molecule has 0 aromatic heterocycles. The topological polar surface area (TPSA) is 39.7 Å². The maximum absolute atomic E-state index is 4.41. The van der Waals surface area contributed by atoms with Crippen molar-refractivity contribution in [1.29, 1.82) is 0 Å². The van der Waals surface area contributed by atoms with Gasteiger partial charge in [0.1, 0.15) is 0 Å². The van der Waals surface area contributed by atoms with Crippen molar-refractivity contribution < 1.29 is 0 Å². The molecule has 2 rings (SSSR count). The minimum absolute atomic E-state index is 0. The Balaban J connectivity index is 0.00000180. The fourth-order valence-electron chi connectivity index (χ4n) is 1.91. The summed E-state index contributed by atoms with van der Waals surface area (Å²) in [6.07, 6.45) is 1.15. The van der Waals surface area contributed by atoms with Gasteiger partial charge in [0.25, 0.3) is 0 Å². The zero-order chi connectivity index (χ0) is 12.8. The molecule has 0 saturated carbocycles. The number of hydrogen-bond donors (Lipinski definition) is 2. The van der Waals surface area contributed by atoms with Crippen molar-refractivity contribution in [3.8, 4) is 0 Å². The average Bonchev–Trinajstić information content (AvgIpc) is 2.81. The molecule has 1 aliphatic rings. The molecule has 0 saturated heterocycles. The molecule has 19 heavy (non-hydrogen) atoms. The van der Waals surface area contributed by atoms with Crippen LogP contribution < -0.4 is 10.6 Å². The van der Waals surface area contributed by atoms with Crippen molar-refractivity contribution in [2.45, 2.75) is 19.9 Å². The van der Waals surface area contributed by atoms with Crippen LogP contribution in [0.3, 0.4) is 0 Å². The van der Waals surface area contributed by atoms with Gasteiger partial charge in [0.15, 0.2) is 5.96 Å². The lowest BCUT2D eigenvalue weighted by Crippen LogP contribution is -2.35. The first-order valence-electron chi connectivity index (χ1n) is 6.62. The Morgan fingerprint density at radius 2 is 1.95 bits per heavy atom. The summed E-state index contributed by atoms with van der Waals surface area (Å²) in [6.45, 7) is 5.95. The quantitative estimate of drug-likeness (QED) is 0.779. The van der Waals surface area contributed by atoms with Crippen LogP contribution in [0.15, 0.2) is 29.3 Å². The number of aliphatic imine (C=N–C) groups is 1. The van der Waals surface area contributed by atoms with Crippen LogP contribution in [-0.4, -0.2) is 37.5 Å². The molecule has 1 aromatic carbocycles. The minimum Gasteiger partial charge on any atom is -0.385 e. The van der Waals surface area contributed by atoms with E-state index in [0.717, 1.165) is 38.6 Å². The van der Waals surface area contributed by atoms with Gasteiger partial charge in [-0.1, -0.05) is 19.1 Å². The van der Waals surface area contributed by atoms with E-state index in [2.05, 4.69) is 58.8 Å². The Morgan fingerprint density at radius 3 is 2.53 bits per heavy atom. The van der Waals surface area contributed by atoms with Gasteiger partial charge in [-0.05, 0) is 24.1 Å². The molecule has 106 valence electrons. The van der Waals surface area contributed by atoms with Gasteiger partial charge in [-0.15, -0.1) is 24.0 Å². The van der Waals surface area contributed by atoms with Gasteiger partial charge in [-0.2, -0.15) is 0 Å². The maximum Gasteiger partial charge on any atom is 0.194 e. The lowest BCUT2D eigenvalue weighted by atomic mass is 10.2. The number of nitrogens with zero attached hydrogens (tertiary/aromatic N) is 2. The van der Waals surface area contributed by atoms with Crippen molar-refractivity contribution >= 4 is 35.6 Å². The van der Waals surface area contributed by atoms with E-state index in [4.69, 9.17) is 0 Å². The summed E-state index contributed by atoms with van der Waals surface area (Å²) in [4.78, 5) is 6.56. The number of anilines is 1. The Labute approximate surface area is 132 Å². The van der Waals surface area contributed by atoms with Gasteiger partial charge in [0.05, 0.1) is 6.54 Å². The first-order chi connectivity index (χ1) is 8.79. The number of likely N-dealkylation sites (N-methyl/N-ethyl adjacent to an activating group) is 1. The third kappa shape index (κ3) is 4.89. The van der Waals surface area contributed by atoms with Gasteiger partial charge >= 0.3 is 0 Å². The summed E-state index contributed by atoms with van der Waals surface area (Å²) in [7, 11) is 2.07. The molecular formula is C14H23IN4. The summed E-state index contributed by atoms with van der Waals surface area (Å²) in [5, 5.41) is 6.74. The minimum atomic E-state index is 0. The van der Waals surface area contributed by atoms with Crippen LogP contribution in [0.4, 0.5) is 5.69 Å². The molecule has 0 unspecified atom stereocenters. The first-order valence-corrected chi connectivity index (χ1v) is 6.62. The second kappa shape index (κ2) is 8.24. The van der Waals surface area contributed by atoms with Gasteiger partial charge in [-0.25, -0.2) is 0 Å². The molecule has 0 spiro atoms. The Kier molecular flexibility index (Phi) is 6.97. The number of benzene rings is 1. The smallest absolute Gasteiger partial charge is 0.194 e. The monoisotopic (exact) mass is 374 g/mol. The summed E-state index contributed by atoms with van der Waals surface area (Å²) >= 11 is 0. The van der Waals surface area contributed by atoms with Crippen molar-refractivity contribution in [2.24, 2.45) is 4.99 Å². The normalized spacial score (nSPS) is 13.8. The van der Waals surface area contributed by atoms with Crippen LogP contribution in [-0.2, 0) is 6.54 Å². The molecule has 0 fully saturated rings. The van der Waals surface area contributed by atoms with Crippen LogP contribution in [0.5, 0.6) is 0 Å². The van der Waals surface area contributed by atoms with Crippen LogP contribution in [0, 0.1) is 0 Å². The Hall–Kier alpha value is -0.980. The van der Waals surface area contributed by atoms with Gasteiger partial charge in [-0.3, -0.25) is 4.99 Å². The first kappa shape index (κ1) is 16.1. The van der Waals surface area contributed by atoms with Crippen molar-refractivity contribution in [3.05, 3.63) is 29.8 Å². The zero-order valence-corrected chi connectivity index (χ0v) is 14.0. The molecule has 0 atom stereocenters. The Bertz CT molecular complexity index is 402. The van der Waals surface area contributed by atoms with E-state index < -0.39 is 0 Å². The summed E-state index contributed by atoms with van der Waals surface area (Å²) in [5.41, 5.74) is 2.47. The average molecular weight is 374 g/mol. The van der Waals surface area contributed by atoms with Crippen molar-refractivity contribution in [1.82, 2.24) is 10.2 Å². The molecule has 4 nitrogen and oxygen atoms in total. The molecule has 1 heterocycles. The van der Waals surface area contributed by atoms with E-state index in [1.807, 2.05) is 0 Å². The molecular weight excluding hydrogens is 351 g/mol. The molecule has 0 amide bonds. The maximum atomic E-state index is 4.41. The molecule has 0 aliphatic carbocycles. The fraction of sp³-hybridized carbons (Fsp3) is 0.500. The lowest BCUT2D eigenvalue weighted by molar-refractivity contribution is 0.534. The Morgan fingerprint density at radius 1 is 1.21 bits per heavy atom. The predicted molar refractivity (Wildman–Crippen MR) is 92.4 cm³/mol. The SMILES string of the molecule is CCCNc1ccc(CNC2=NCCN2C)cc1.I. The number of halogens is 1. The summed E-state index contributed by atoms with van der Waals surface area (Å²) in [5.74, 6) is 1.00. The van der Waals surface area contributed by atoms with E-state index >= 15 is 0 Å². The van der Waals surface area contributed by atoms with Crippen LogP contribution >= 0.6 is 24.0 Å². The van der Waals surface area contributed by atoms with Crippen LogP contribution in [0.25, 0.3) is 0 Å². The van der Waals surface area contributed by atoms with E-state index in [1.54, 1.807) is 0 Å². The summed E-state index contributed by atoms with van der Waals surface area (Å²) < 4.78 is 0. The van der Waals surface area contributed by atoms with Crippen LogP contribution in [0.1, 0.15) is 18.9 Å². The highest BCUT2D eigenvalue weighted by atomic mass is 127. The highest BCUT2D eigenvalue weighted by molar-refractivity contribution is 14.0. The second-order valence-electron chi connectivity index (χ2n) is 4.60. The van der Waals surface area contributed by atoms with Crippen molar-refractivity contribution in [3.63, 3.8) is 0 Å². The standard InChI is InChI=1S/C14H22N4.HI/c1-3-8-15-13-6-4-12(5-7-13)11-17-14-16-9-10-18(14)2;/h4-7,15H,3,8-11H2,1-2H3,(H,16,17);1H. The molecule has 0 bridgehead atoms. The largest absolute Gasteiger partial charge is 0.385 e. The number of guanidine groups is 1. The molecule has 2 N–H and O–H groups in total. The highest BCUT2D eigenvalue weighted by Crippen LogP contribution is 2.09. The van der Waals surface area contributed by atoms with Gasteiger partial charge in [0, 0.05) is 32.4 Å². The van der Waals surface area contributed by atoms with Gasteiger partial charge < -0.3 is 15.5 Å². The third-order valence-electron chi connectivity index (χ3n) is 3.04. The van der Waals surface area contributed by atoms with E-state index in [0.29, 0.717) is 0 Å². The molecule has 1 aromatic rings. The lowest BCUT2D eigenvalue weighted by Gasteiger charge is -2.15. The molecule has 5 heteroatoms. The number of nitrogens with one attached hydrogen (secondary N) is 2. The van der Waals surface area contributed by atoms with Crippen LogP contribution in [0.2, 0.25) is 0 Å². The van der Waals surface area contributed by atoms with E-state index in [1.165, 1.54) is 11.3 Å². The molecule has 1 aliphatic heterocycles. The predicted octanol–water partition coefficient (Wildman–Crippen LogP) is 2.52. The fourth-order valence-corrected chi connectivity index (χ4v) is 1.91.